The number of hydrogen-bond donors (Lipinski definition) is 0. The van der Waals surface area contributed by atoms with Crippen LogP contribution in [0.5, 0.6) is 0 Å². The molecule has 0 aromatic heterocycles. The van der Waals surface area contributed by atoms with Crippen molar-refractivity contribution in [1.29, 1.82) is 0 Å². The van der Waals surface area contributed by atoms with E-state index in [4.69, 9.17) is 0 Å². The molecule has 0 amide bonds. The molecule has 28 heavy (non-hydrogen) atoms. The van der Waals surface area contributed by atoms with E-state index in [0.29, 0.717) is 0 Å². The van der Waals surface area contributed by atoms with E-state index in [1.165, 1.54) is 21.5 Å². The van der Waals surface area contributed by atoms with Gasteiger partial charge in [-0.25, -0.2) is 0 Å². The van der Waals surface area contributed by atoms with Crippen molar-refractivity contribution in [3.05, 3.63) is 125 Å². The number of halogens is 2. The van der Waals surface area contributed by atoms with Gasteiger partial charge in [-0.3, -0.25) is 0 Å². The van der Waals surface area contributed by atoms with E-state index in [9.17, 15) is 0 Å². The Labute approximate surface area is 186 Å². The predicted molar refractivity (Wildman–Crippen MR) is 123 cm³/mol. The molecule has 0 unspecified atom stereocenters. The highest BCUT2D eigenvalue weighted by molar-refractivity contribution is 9.10. The molecule has 0 spiro atoms. The molecular weight excluding hydrogens is 491 g/mol. The highest BCUT2D eigenvalue weighted by atomic mass is 79.9. The van der Waals surface area contributed by atoms with Crippen molar-refractivity contribution >= 4 is 39.1 Å². The normalized spacial score (nSPS) is 10.9. The van der Waals surface area contributed by atoms with Gasteiger partial charge in [-0.05, 0) is 54.1 Å². The van der Waals surface area contributed by atoms with Crippen molar-refractivity contribution in [1.82, 2.24) is 0 Å². The van der Waals surface area contributed by atoms with Gasteiger partial charge in [0.2, 0.25) is 0 Å². The van der Waals surface area contributed by atoms with Crippen LogP contribution in [0.3, 0.4) is 0 Å². The van der Waals surface area contributed by atoms with Gasteiger partial charge in [0.05, 0.1) is 6.16 Å². The first-order chi connectivity index (χ1) is 13.3. The smallest absolute Gasteiger partial charge is 0.116 e. The van der Waals surface area contributed by atoms with Crippen LogP contribution in [0.2, 0.25) is 0 Å². The summed E-state index contributed by atoms with van der Waals surface area (Å²) in [5, 5.41) is 4.26. The van der Waals surface area contributed by atoms with Crippen molar-refractivity contribution in [3.8, 4) is 0 Å². The van der Waals surface area contributed by atoms with Gasteiger partial charge in [-0.1, -0.05) is 82.7 Å². The van der Waals surface area contributed by atoms with Gasteiger partial charge < -0.3 is 17.0 Å². The zero-order valence-electron chi connectivity index (χ0n) is 15.4. The highest BCUT2D eigenvalue weighted by Gasteiger charge is 2.45. The van der Waals surface area contributed by atoms with Crippen molar-refractivity contribution in [2.24, 2.45) is 0 Å². The van der Waals surface area contributed by atoms with Crippen LogP contribution in [0, 0.1) is 0 Å². The molecule has 140 valence electrons. The Bertz CT molecular complexity index is 905. The average Bonchev–Trinajstić information content (AvgIpc) is 2.74. The van der Waals surface area contributed by atoms with Crippen molar-refractivity contribution in [2.45, 2.75) is 6.16 Å². The lowest BCUT2D eigenvalue weighted by Gasteiger charge is -2.28. The SMILES string of the molecule is Brc1cccc(C[P+](c2ccccc2)(c2ccccc2)c2ccccc2)c1.[Br-]. The molecular formula is C25H21Br2P. The van der Waals surface area contributed by atoms with Gasteiger partial charge >= 0.3 is 0 Å². The Balaban J connectivity index is 0.00000225. The van der Waals surface area contributed by atoms with Crippen LogP contribution in [0.15, 0.2) is 120 Å². The topological polar surface area (TPSA) is 0 Å². The summed E-state index contributed by atoms with van der Waals surface area (Å²) in [6.07, 6.45) is 1.00. The van der Waals surface area contributed by atoms with E-state index in [2.05, 4.69) is 131 Å². The molecule has 0 radical (unpaired) electrons. The summed E-state index contributed by atoms with van der Waals surface area (Å²) in [4.78, 5) is 0. The zero-order valence-corrected chi connectivity index (χ0v) is 19.4. The summed E-state index contributed by atoms with van der Waals surface area (Å²) in [6, 6.07) is 41.8. The second-order valence-corrected chi connectivity index (χ2v) is 11.0. The lowest BCUT2D eigenvalue weighted by atomic mass is 10.2. The number of benzene rings is 4. The molecule has 0 aliphatic carbocycles. The molecule has 0 heterocycles. The first-order valence-electron chi connectivity index (χ1n) is 9.08. The summed E-state index contributed by atoms with van der Waals surface area (Å²) in [5.74, 6) is 0. The second kappa shape index (κ2) is 9.65. The second-order valence-electron chi connectivity index (χ2n) is 6.60. The molecule has 3 heteroatoms. The van der Waals surface area contributed by atoms with Crippen LogP contribution >= 0.6 is 23.2 Å². The monoisotopic (exact) mass is 510 g/mol. The molecule has 4 rings (SSSR count). The summed E-state index contributed by atoms with van der Waals surface area (Å²) in [5.41, 5.74) is 1.36. The van der Waals surface area contributed by atoms with E-state index in [-0.39, 0.29) is 17.0 Å². The fourth-order valence-corrected chi connectivity index (χ4v) is 8.35. The molecule has 0 saturated carbocycles. The minimum absolute atomic E-state index is 0. The molecule has 0 fully saturated rings. The summed E-state index contributed by atoms with van der Waals surface area (Å²) < 4.78 is 1.13. The summed E-state index contributed by atoms with van der Waals surface area (Å²) in [6.45, 7) is 0. The van der Waals surface area contributed by atoms with Gasteiger partial charge in [0.25, 0.3) is 0 Å². The van der Waals surface area contributed by atoms with Gasteiger partial charge in [-0.2, -0.15) is 0 Å². The van der Waals surface area contributed by atoms with E-state index < -0.39 is 7.26 Å². The quantitative estimate of drug-likeness (QED) is 0.361. The standard InChI is InChI=1S/C25H21BrP.BrH/c26-22-12-10-11-21(19-22)20-27(23-13-4-1-5-14-23,24-15-6-2-7-16-24)25-17-8-3-9-18-25;/h1-19H,20H2;1H/q+1;/p-1. The van der Waals surface area contributed by atoms with Crippen LogP contribution in [0.1, 0.15) is 5.56 Å². The van der Waals surface area contributed by atoms with E-state index >= 15 is 0 Å². The first-order valence-corrected chi connectivity index (χ1v) is 11.9. The molecule has 0 atom stereocenters. The number of hydrogen-bond acceptors (Lipinski definition) is 0. The minimum Gasteiger partial charge on any atom is -1.00 e. The highest BCUT2D eigenvalue weighted by Crippen LogP contribution is 2.58. The largest absolute Gasteiger partial charge is 1.00 e. The molecule has 0 bridgehead atoms. The maximum absolute atomic E-state index is 3.65. The van der Waals surface area contributed by atoms with Crippen LogP contribution in [0.4, 0.5) is 0 Å². The van der Waals surface area contributed by atoms with Crippen molar-refractivity contribution in [2.75, 3.05) is 0 Å². The summed E-state index contributed by atoms with van der Waals surface area (Å²) >= 11 is 3.65. The fraction of sp³-hybridized carbons (Fsp3) is 0.0400. The number of rotatable bonds is 5. The molecule has 0 saturated heterocycles. The van der Waals surface area contributed by atoms with Crippen LogP contribution < -0.4 is 32.9 Å². The Morgan fingerprint density at radius 1 is 0.536 bits per heavy atom. The van der Waals surface area contributed by atoms with Gasteiger partial charge in [0.15, 0.2) is 0 Å². The first kappa shape index (κ1) is 21.0. The third-order valence-corrected chi connectivity index (χ3v) is 9.77. The van der Waals surface area contributed by atoms with Gasteiger partial charge in [-0.15, -0.1) is 0 Å². The Morgan fingerprint density at radius 2 is 0.964 bits per heavy atom. The molecule has 4 aromatic carbocycles. The third kappa shape index (κ3) is 4.30. The molecule has 0 aliphatic heterocycles. The molecule has 4 aromatic rings. The maximum Gasteiger partial charge on any atom is 0.116 e. The van der Waals surface area contributed by atoms with Crippen LogP contribution in [0.25, 0.3) is 0 Å². The van der Waals surface area contributed by atoms with Crippen LogP contribution in [-0.4, -0.2) is 0 Å². The zero-order chi connectivity index (χ0) is 18.5. The maximum atomic E-state index is 3.65. The van der Waals surface area contributed by atoms with Gasteiger partial charge in [0.1, 0.15) is 23.2 Å². The van der Waals surface area contributed by atoms with Crippen LogP contribution in [-0.2, 0) is 6.16 Å². The summed E-state index contributed by atoms with van der Waals surface area (Å²) in [7, 11) is -1.82. The Morgan fingerprint density at radius 3 is 1.36 bits per heavy atom. The Kier molecular flexibility index (Phi) is 7.24. The van der Waals surface area contributed by atoms with E-state index in [1.54, 1.807) is 0 Å². The third-order valence-electron chi connectivity index (χ3n) is 4.90. The van der Waals surface area contributed by atoms with Gasteiger partial charge in [0, 0.05) is 4.47 Å². The predicted octanol–water partition coefficient (Wildman–Crippen LogP) is 2.95. The lowest BCUT2D eigenvalue weighted by Crippen LogP contribution is -3.00. The van der Waals surface area contributed by atoms with E-state index in [1.807, 2.05) is 0 Å². The average molecular weight is 512 g/mol. The molecule has 0 N–H and O–H groups in total. The molecule has 0 nitrogen and oxygen atoms in total. The van der Waals surface area contributed by atoms with Crippen molar-refractivity contribution < 1.29 is 17.0 Å². The fourth-order valence-electron chi connectivity index (χ4n) is 3.68. The molecule has 0 aliphatic rings. The lowest BCUT2D eigenvalue weighted by molar-refractivity contribution is -0.00000511. The Hall–Kier alpha value is -1.73. The van der Waals surface area contributed by atoms with E-state index in [0.717, 1.165) is 10.6 Å². The van der Waals surface area contributed by atoms with Crippen molar-refractivity contribution in [3.63, 3.8) is 0 Å². The minimum atomic E-state index is -1.82.